The van der Waals surface area contributed by atoms with Crippen molar-refractivity contribution in [2.24, 2.45) is 0 Å². The Morgan fingerprint density at radius 3 is 2.61 bits per heavy atom. The Morgan fingerprint density at radius 2 is 1.96 bits per heavy atom. The van der Waals surface area contributed by atoms with Crippen LogP contribution in [0.2, 0.25) is 5.02 Å². The smallest absolute Gasteiger partial charge is 0.255 e. The highest BCUT2D eigenvalue weighted by molar-refractivity contribution is 9.10. The molecular formula is C17H17BrClNO3. The van der Waals surface area contributed by atoms with Crippen molar-refractivity contribution in [1.82, 2.24) is 4.90 Å². The Hall–Kier alpha value is -1.72. The van der Waals surface area contributed by atoms with Crippen molar-refractivity contribution < 1.29 is 14.3 Å². The zero-order valence-electron chi connectivity index (χ0n) is 13.1. The monoisotopic (exact) mass is 397 g/mol. The summed E-state index contributed by atoms with van der Waals surface area (Å²) in [6, 6.07) is 10.8. The lowest BCUT2D eigenvalue weighted by molar-refractivity contribution is 0.0784. The zero-order chi connectivity index (χ0) is 17.0. The third-order valence-electron chi connectivity index (χ3n) is 3.40. The van der Waals surface area contributed by atoms with Crippen LogP contribution in [0.5, 0.6) is 11.5 Å². The van der Waals surface area contributed by atoms with Gasteiger partial charge in [-0.2, -0.15) is 0 Å². The topological polar surface area (TPSA) is 38.8 Å². The van der Waals surface area contributed by atoms with Crippen LogP contribution in [-0.4, -0.2) is 32.1 Å². The van der Waals surface area contributed by atoms with Crippen molar-refractivity contribution in [3.8, 4) is 11.5 Å². The van der Waals surface area contributed by atoms with Crippen LogP contribution in [0.3, 0.4) is 0 Å². The van der Waals surface area contributed by atoms with Crippen LogP contribution in [0.4, 0.5) is 0 Å². The number of benzene rings is 2. The molecule has 0 heterocycles. The molecule has 23 heavy (non-hydrogen) atoms. The predicted molar refractivity (Wildman–Crippen MR) is 94.5 cm³/mol. The van der Waals surface area contributed by atoms with Gasteiger partial charge in [0.1, 0.15) is 0 Å². The summed E-state index contributed by atoms with van der Waals surface area (Å²) in [6.45, 7) is 0.377. The maximum Gasteiger partial charge on any atom is 0.255 e. The van der Waals surface area contributed by atoms with E-state index in [9.17, 15) is 4.79 Å². The highest BCUT2D eigenvalue weighted by atomic mass is 79.9. The first-order valence-corrected chi connectivity index (χ1v) is 8.05. The average molecular weight is 399 g/mol. The number of halogens is 2. The molecule has 1 amide bonds. The summed E-state index contributed by atoms with van der Waals surface area (Å²) in [7, 11) is 4.88. The Balaban J connectivity index is 2.27. The van der Waals surface area contributed by atoms with E-state index in [-0.39, 0.29) is 5.91 Å². The van der Waals surface area contributed by atoms with Crippen LogP contribution >= 0.6 is 27.5 Å². The molecular weight excluding hydrogens is 382 g/mol. The Bertz CT molecular complexity index is 721. The van der Waals surface area contributed by atoms with Crippen molar-refractivity contribution >= 4 is 33.4 Å². The van der Waals surface area contributed by atoms with Crippen molar-refractivity contribution in [3.63, 3.8) is 0 Å². The Morgan fingerprint density at radius 1 is 1.22 bits per heavy atom. The van der Waals surface area contributed by atoms with Crippen LogP contribution in [0.25, 0.3) is 0 Å². The molecule has 122 valence electrons. The van der Waals surface area contributed by atoms with E-state index in [1.165, 1.54) is 0 Å². The molecule has 2 aromatic rings. The number of hydrogen-bond acceptors (Lipinski definition) is 3. The highest BCUT2D eigenvalue weighted by Gasteiger charge is 2.18. The number of carbonyl (C=O) groups is 1. The fourth-order valence-corrected chi connectivity index (χ4v) is 2.83. The first-order valence-electron chi connectivity index (χ1n) is 6.88. The molecule has 4 nitrogen and oxygen atoms in total. The van der Waals surface area contributed by atoms with Crippen molar-refractivity contribution in [2.45, 2.75) is 6.54 Å². The number of nitrogens with zero attached hydrogens (tertiary/aromatic N) is 1. The quantitative estimate of drug-likeness (QED) is 0.750. The van der Waals surface area contributed by atoms with Crippen molar-refractivity contribution in [2.75, 3.05) is 21.3 Å². The van der Waals surface area contributed by atoms with Gasteiger partial charge in [-0.3, -0.25) is 4.79 Å². The lowest BCUT2D eigenvalue weighted by atomic mass is 10.1. The van der Waals surface area contributed by atoms with E-state index < -0.39 is 0 Å². The van der Waals surface area contributed by atoms with E-state index >= 15 is 0 Å². The molecule has 2 rings (SSSR count). The first-order chi connectivity index (χ1) is 11.0. The van der Waals surface area contributed by atoms with Crippen LogP contribution in [-0.2, 0) is 6.54 Å². The highest BCUT2D eigenvalue weighted by Crippen LogP contribution is 2.32. The average Bonchev–Trinajstić information content (AvgIpc) is 2.55. The van der Waals surface area contributed by atoms with Gasteiger partial charge < -0.3 is 14.4 Å². The minimum atomic E-state index is -0.166. The Kier molecular flexibility index (Phi) is 5.91. The van der Waals surface area contributed by atoms with Gasteiger partial charge >= 0.3 is 0 Å². The molecule has 0 atom stereocenters. The van der Waals surface area contributed by atoms with Gasteiger partial charge in [-0.1, -0.05) is 39.7 Å². The maximum atomic E-state index is 12.6. The van der Waals surface area contributed by atoms with Crippen LogP contribution in [0.1, 0.15) is 15.9 Å². The fourth-order valence-electron chi connectivity index (χ4n) is 2.27. The number of carbonyl (C=O) groups excluding carboxylic acids is 1. The van der Waals surface area contributed by atoms with Crippen molar-refractivity contribution in [3.05, 3.63) is 57.0 Å². The maximum absolute atomic E-state index is 12.6. The standard InChI is InChI=1S/C17H17BrClNO3/c1-20(17(21)13-9-12(18)7-8-14(13)19)10-11-5-4-6-15(22-2)16(11)23-3/h4-9H,10H2,1-3H3. The first kappa shape index (κ1) is 17.6. The van der Waals surface area contributed by atoms with E-state index in [2.05, 4.69) is 15.9 Å². The lowest BCUT2D eigenvalue weighted by Crippen LogP contribution is -2.26. The molecule has 0 radical (unpaired) electrons. The second-order valence-electron chi connectivity index (χ2n) is 4.94. The number of amides is 1. The molecule has 0 N–H and O–H groups in total. The van der Waals surface area contributed by atoms with Crippen molar-refractivity contribution in [1.29, 1.82) is 0 Å². The molecule has 0 aliphatic heterocycles. The second kappa shape index (κ2) is 7.70. The van der Waals surface area contributed by atoms with E-state index in [0.29, 0.717) is 28.6 Å². The van der Waals surface area contributed by atoms with E-state index in [0.717, 1.165) is 10.0 Å². The molecule has 0 bridgehead atoms. The molecule has 0 aliphatic rings. The molecule has 0 fully saturated rings. The number of para-hydroxylation sites is 1. The molecule has 2 aromatic carbocycles. The van der Waals surface area contributed by atoms with Crippen LogP contribution in [0, 0.1) is 0 Å². The van der Waals surface area contributed by atoms with Crippen LogP contribution < -0.4 is 9.47 Å². The van der Waals surface area contributed by atoms with Gasteiger partial charge in [0.25, 0.3) is 5.91 Å². The van der Waals surface area contributed by atoms with E-state index in [4.69, 9.17) is 21.1 Å². The molecule has 0 spiro atoms. The summed E-state index contributed by atoms with van der Waals surface area (Å²) in [5.74, 6) is 1.09. The van der Waals surface area contributed by atoms with Gasteiger partial charge in [0.05, 0.1) is 24.8 Å². The second-order valence-corrected chi connectivity index (χ2v) is 6.26. The lowest BCUT2D eigenvalue weighted by Gasteiger charge is -2.20. The summed E-state index contributed by atoms with van der Waals surface area (Å²) in [5.41, 5.74) is 1.30. The van der Waals surface area contributed by atoms with Gasteiger partial charge in [0.2, 0.25) is 0 Å². The molecule has 6 heteroatoms. The van der Waals surface area contributed by atoms with Gasteiger partial charge in [-0.25, -0.2) is 0 Å². The number of ether oxygens (including phenoxy) is 2. The predicted octanol–water partition coefficient (Wildman–Crippen LogP) is 4.39. The summed E-state index contributed by atoms with van der Waals surface area (Å²) in [6.07, 6.45) is 0. The van der Waals surface area contributed by atoms with Gasteiger partial charge in [-0.15, -0.1) is 0 Å². The number of rotatable bonds is 5. The Labute approximate surface area is 149 Å². The largest absolute Gasteiger partial charge is 0.493 e. The van der Waals surface area contributed by atoms with E-state index in [1.807, 2.05) is 18.2 Å². The summed E-state index contributed by atoms with van der Waals surface area (Å²) in [5, 5.41) is 0.419. The molecule has 0 saturated carbocycles. The molecule has 0 unspecified atom stereocenters. The SMILES string of the molecule is COc1cccc(CN(C)C(=O)c2cc(Br)ccc2Cl)c1OC. The fraction of sp³-hybridized carbons (Fsp3) is 0.235. The summed E-state index contributed by atoms with van der Waals surface area (Å²) in [4.78, 5) is 14.2. The zero-order valence-corrected chi connectivity index (χ0v) is 15.4. The molecule has 0 saturated heterocycles. The van der Waals surface area contributed by atoms with Gasteiger partial charge in [-0.05, 0) is 24.3 Å². The third kappa shape index (κ3) is 3.98. The third-order valence-corrected chi connectivity index (χ3v) is 4.22. The minimum absolute atomic E-state index is 0.166. The van der Waals surface area contributed by atoms with Gasteiger partial charge in [0.15, 0.2) is 11.5 Å². The van der Waals surface area contributed by atoms with Gasteiger partial charge in [0, 0.05) is 23.6 Å². The normalized spacial score (nSPS) is 10.3. The summed E-state index contributed by atoms with van der Waals surface area (Å²) >= 11 is 9.49. The summed E-state index contributed by atoms with van der Waals surface area (Å²) < 4.78 is 11.5. The molecule has 0 aliphatic carbocycles. The van der Waals surface area contributed by atoms with Crippen LogP contribution in [0.15, 0.2) is 40.9 Å². The number of methoxy groups -OCH3 is 2. The van der Waals surface area contributed by atoms with E-state index in [1.54, 1.807) is 44.4 Å². The minimum Gasteiger partial charge on any atom is -0.493 e. The molecule has 0 aromatic heterocycles. The number of hydrogen-bond donors (Lipinski definition) is 0.